The Balaban J connectivity index is 1.92. The van der Waals surface area contributed by atoms with Crippen molar-refractivity contribution in [1.29, 1.82) is 0 Å². The first-order valence-corrected chi connectivity index (χ1v) is 8.28. The summed E-state index contributed by atoms with van der Waals surface area (Å²) in [5.41, 5.74) is 0.258. The second-order valence-corrected chi connectivity index (χ2v) is 7.00. The molecule has 7 heteroatoms. The summed E-state index contributed by atoms with van der Waals surface area (Å²) < 4.78 is 0. The first-order valence-electron chi connectivity index (χ1n) is 8.28. The van der Waals surface area contributed by atoms with Gasteiger partial charge in [0.05, 0.1) is 5.56 Å². The lowest BCUT2D eigenvalue weighted by Crippen LogP contribution is -2.42. The van der Waals surface area contributed by atoms with Gasteiger partial charge in [0.2, 0.25) is 11.8 Å². The van der Waals surface area contributed by atoms with E-state index >= 15 is 0 Å². The van der Waals surface area contributed by atoms with Crippen LogP contribution in [-0.4, -0.2) is 40.9 Å². The molecule has 0 radical (unpaired) electrons. The van der Waals surface area contributed by atoms with Crippen molar-refractivity contribution in [3.8, 4) is 0 Å². The molecule has 1 N–H and O–H groups in total. The number of likely N-dealkylation sites (tertiary alicyclic amines) is 1. The lowest BCUT2D eigenvalue weighted by molar-refractivity contribution is -0.301. The van der Waals surface area contributed by atoms with Gasteiger partial charge in [0.15, 0.2) is 0 Å². The van der Waals surface area contributed by atoms with Crippen molar-refractivity contribution >= 4 is 23.5 Å². The highest BCUT2D eigenvalue weighted by Gasteiger charge is 2.29. The standard InChI is InChI=1S/C18H24N2O5/c1-12(20-11-5-6-15(20)21)16(22)19-14-9-7-13(8-10-14)17(23)24-25-18(2,3)4/h7-10,12H,5-6,11H2,1-4H3,(H,19,22). The van der Waals surface area contributed by atoms with Gasteiger partial charge in [0.1, 0.15) is 11.6 Å². The molecule has 0 bridgehead atoms. The molecule has 1 fully saturated rings. The fourth-order valence-corrected chi connectivity index (χ4v) is 2.37. The molecule has 2 amide bonds. The van der Waals surface area contributed by atoms with Crippen molar-refractivity contribution in [2.45, 2.75) is 52.2 Å². The topological polar surface area (TPSA) is 84.9 Å². The average molecular weight is 348 g/mol. The summed E-state index contributed by atoms with van der Waals surface area (Å²) >= 11 is 0. The number of nitrogens with one attached hydrogen (secondary N) is 1. The summed E-state index contributed by atoms with van der Waals surface area (Å²) in [4.78, 5) is 47.1. The Labute approximate surface area is 147 Å². The summed E-state index contributed by atoms with van der Waals surface area (Å²) in [5, 5.41) is 2.75. The van der Waals surface area contributed by atoms with Crippen molar-refractivity contribution in [2.24, 2.45) is 0 Å². The van der Waals surface area contributed by atoms with Gasteiger partial charge >= 0.3 is 5.97 Å². The van der Waals surface area contributed by atoms with Gasteiger partial charge in [0.25, 0.3) is 0 Å². The van der Waals surface area contributed by atoms with E-state index < -0.39 is 17.6 Å². The summed E-state index contributed by atoms with van der Waals surface area (Å²) in [7, 11) is 0. The molecular formula is C18H24N2O5. The maximum absolute atomic E-state index is 12.3. The highest BCUT2D eigenvalue weighted by molar-refractivity contribution is 5.97. The Morgan fingerprint density at radius 3 is 2.36 bits per heavy atom. The minimum Gasteiger partial charge on any atom is -0.331 e. The lowest BCUT2D eigenvalue weighted by atomic mass is 10.2. The molecule has 1 aliphatic rings. The number of rotatable bonds is 5. The zero-order valence-corrected chi connectivity index (χ0v) is 15.0. The van der Waals surface area contributed by atoms with E-state index in [0.29, 0.717) is 24.2 Å². The van der Waals surface area contributed by atoms with Crippen LogP contribution in [0.1, 0.15) is 50.9 Å². The predicted octanol–water partition coefficient (Wildman–Crippen LogP) is 2.52. The van der Waals surface area contributed by atoms with Crippen LogP contribution in [0.2, 0.25) is 0 Å². The first-order chi connectivity index (χ1) is 11.7. The molecule has 0 saturated carbocycles. The number of nitrogens with zero attached hydrogens (tertiary/aromatic N) is 1. The quantitative estimate of drug-likeness (QED) is 0.653. The minimum absolute atomic E-state index is 0.000378. The Bertz CT molecular complexity index is 648. The van der Waals surface area contributed by atoms with Crippen LogP contribution in [0.15, 0.2) is 24.3 Å². The molecule has 25 heavy (non-hydrogen) atoms. The summed E-state index contributed by atoms with van der Waals surface area (Å²) in [6.07, 6.45) is 1.27. The first kappa shape index (κ1) is 18.9. The Hall–Kier alpha value is -2.41. The van der Waals surface area contributed by atoms with E-state index in [4.69, 9.17) is 9.78 Å². The third kappa shape index (κ3) is 5.29. The van der Waals surface area contributed by atoms with Gasteiger partial charge in [0, 0.05) is 18.7 Å². The van der Waals surface area contributed by atoms with E-state index in [-0.39, 0.29) is 11.8 Å². The van der Waals surface area contributed by atoms with Crippen LogP contribution in [0.4, 0.5) is 5.69 Å². The van der Waals surface area contributed by atoms with Crippen LogP contribution in [-0.2, 0) is 19.4 Å². The van der Waals surface area contributed by atoms with Crippen LogP contribution in [0.5, 0.6) is 0 Å². The van der Waals surface area contributed by atoms with Crippen molar-refractivity contribution in [3.05, 3.63) is 29.8 Å². The highest BCUT2D eigenvalue weighted by Crippen LogP contribution is 2.17. The van der Waals surface area contributed by atoms with Crippen molar-refractivity contribution in [1.82, 2.24) is 4.90 Å². The normalized spacial score (nSPS) is 15.8. The van der Waals surface area contributed by atoms with Crippen molar-refractivity contribution in [2.75, 3.05) is 11.9 Å². The summed E-state index contributed by atoms with van der Waals surface area (Å²) in [6.45, 7) is 7.61. The fourth-order valence-electron chi connectivity index (χ4n) is 2.37. The minimum atomic E-state index is -0.608. The number of carbonyl (C=O) groups excluding carboxylic acids is 3. The molecule has 2 rings (SSSR count). The molecule has 1 unspecified atom stereocenters. The maximum atomic E-state index is 12.3. The molecule has 1 aromatic carbocycles. The number of anilines is 1. The van der Waals surface area contributed by atoms with Crippen LogP contribution in [0.3, 0.4) is 0 Å². The summed E-state index contributed by atoms with van der Waals surface area (Å²) in [5.74, 6) is -0.870. The molecular weight excluding hydrogens is 324 g/mol. The molecule has 1 aromatic rings. The second-order valence-electron chi connectivity index (χ2n) is 7.00. The molecule has 0 aliphatic carbocycles. The van der Waals surface area contributed by atoms with Gasteiger partial charge in [-0.1, -0.05) is 0 Å². The summed E-state index contributed by atoms with van der Waals surface area (Å²) in [6, 6.07) is 5.75. The van der Waals surface area contributed by atoms with Gasteiger partial charge in [-0.15, -0.1) is 0 Å². The molecule has 0 aromatic heterocycles. The fraction of sp³-hybridized carbons (Fsp3) is 0.500. The number of benzene rings is 1. The molecule has 1 atom stereocenters. The Kier molecular flexibility index (Phi) is 5.79. The van der Waals surface area contributed by atoms with Gasteiger partial charge in [-0.05, 0) is 58.4 Å². The SMILES string of the molecule is CC(C(=O)Nc1ccc(C(=O)OOC(C)(C)C)cc1)N1CCCC1=O. The number of carbonyl (C=O) groups is 3. The van der Waals surface area contributed by atoms with Crippen LogP contribution in [0, 0.1) is 0 Å². The van der Waals surface area contributed by atoms with Crippen molar-refractivity contribution in [3.63, 3.8) is 0 Å². The lowest BCUT2D eigenvalue weighted by Gasteiger charge is -2.23. The molecule has 136 valence electrons. The van der Waals surface area contributed by atoms with E-state index in [2.05, 4.69) is 5.32 Å². The van der Waals surface area contributed by atoms with E-state index in [0.717, 1.165) is 6.42 Å². The van der Waals surface area contributed by atoms with Crippen LogP contribution < -0.4 is 5.32 Å². The largest absolute Gasteiger partial charge is 0.373 e. The molecule has 0 spiro atoms. The number of amides is 2. The van der Waals surface area contributed by atoms with E-state index in [1.54, 1.807) is 44.7 Å². The molecule has 1 saturated heterocycles. The smallest absolute Gasteiger partial charge is 0.331 e. The average Bonchev–Trinajstić information content (AvgIpc) is 2.98. The van der Waals surface area contributed by atoms with Gasteiger partial charge in [-0.3, -0.25) is 14.5 Å². The zero-order chi connectivity index (χ0) is 18.6. The van der Waals surface area contributed by atoms with Gasteiger partial charge in [-0.2, -0.15) is 4.89 Å². The van der Waals surface area contributed by atoms with E-state index in [9.17, 15) is 14.4 Å². The highest BCUT2D eigenvalue weighted by atomic mass is 17.2. The predicted molar refractivity (Wildman–Crippen MR) is 91.7 cm³/mol. The van der Waals surface area contributed by atoms with Gasteiger partial charge in [-0.25, -0.2) is 4.79 Å². The third-order valence-electron chi connectivity index (χ3n) is 3.71. The van der Waals surface area contributed by atoms with E-state index in [1.165, 1.54) is 12.1 Å². The van der Waals surface area contributed by atoms with E-state index in [1.807, 2.05) is 0 Å². The Morgan fingerprint density at radius 2 is 1.84 bits per heavy atom. The molecule has 1 aliphatic heterocycles. The monoisotopic (exact) mass is 348 g/mol. The van der Waals surface area contributed by atoms with Crippen molar-refractivity contribution < 1.29 is 24.2 Å². The van der Waals surface area contributed by atoms with Crippen LogP contribution in [0.25, 0.3) is 0 Å². The third-order valence-corrected chi connectivity index (χ3v) is 3.71. The number of hydrogen-bond acceptors (Lipinski definition) is 5. The van der Waals surface area contributed by atoms with Gasteiger partial charge < -0.3 is 10.2 Å². The second kappa shape index (κ2) is 7.65. The maximum Gasteiger partial charge on any atom is 0.373 e. The zero-order valence-electron chi connectivity index (χ0n) is 15.0. The molecule has 7 nitrogen and oxygen atoms in total. The Morgan fingerprint density at radius 1 is 1.20 bits per heavy atom. The number of hydrogen-bond donors (Lipinski definition) is 1. The molecule has 1 heterocycles. The van der Waals surface area contributed by atoms with Crippen LogP contribution >= 0.6 is 0 Å².